The lowest BCUT2D eigenvalue weighted by Gasteiger charge is -2.28. The first kappa shape index (κ1) is 14.6. The summed E-state index contributed by atoms with van der Waals surface area (Å²) in [6.07, 6.45) is 0. The van der Waals surface area contributed by atoms with Crippen LogP contribution in [0, 0.1) is 6.92 Å². The summed E-state index contributed by atoms with van der Waals surface area (Å²) in [6.45, 7) is 2.57. The predicted octanol–water partition coefficient (Wildman–Crippen LogP) is 4.25. The van der Waals surface area contributed by atoms with Gasteiger partial charge in [0.25, 0.3) is 0 Å². The molecule has 102 valence electrons. The van der Waals surface area contributed by atoms with Crippen molar-refractivity contribution in [3.05, 3.63) is 50.8 Å². The van der Waals surface area contributed by atoms with Gasteiger partial charge in [-0.2, -0.15) is 0 Å². The highest BCUT2D eigenvalue weighted by atomic mass is 79.9. The van der Waals surface area contributed by atoms with Gasteiger partial charge in [-0.3, -0.25) is 0 Å². The molecule has 19 heavy (non-hydrogen) atoms. The van der Waals surface area contributed by atoms with Crippen molar-refractivity contribution in [1.82, 2.24) is 0 Å². The zero-order chi connectivity index (χ0) is 14.0. The SMILES string of the molecule is Cc1ccccc1N(C)C(CN)c1cc(Br)c(Br)o1. The average molecular weight is 388 g/mol. The molecule has 1 heterocycles. The molecule has 1 aromatic heterocycles. The van der Waals surface area contributed by atoms with Crippen molar-refractivity contribution in [2.24, 2.45) is 5.73 Å². The number of benzene rings is 1. The van der Waals surface area contributed by atoms with Crippen LogP contribution in [-0.4, -0.2) is 13.6 Å². The molecule has 0 bridgehead atoms. The molecule has 1 unspecified atom stereocenters. The number of furan rings is 1. The molecule has 0 fully saturated rings. The van der Waals surface area contributed by atoms with Crippen LogP contribution in [0.3, 0.4) is 0 Å². The van der Waals surface area contributed by atoms with Crippen LogP contribution < -0.4 is 10.6 Å². The van der Waals surface area contributed by atoms with Gasteiger partial charge in [0.05, 0.1) is 10.5 Å². The van der Waals surface area contributed by atoms with Crippen LogP contribution in [0.5, 0.6) is 0 Å². The quantitative estimate of drug-likeness (QED) is 0.852. The fourth-order valence-electron chi connectivity index (χ4n) is 2.12. The van der Waals surface area contributed by atoms with E-state index >= 15 is 0 Å². The van der Waals surface area contributed by atoms with E-state index in [1.807, 2.05) is 25.2 Å². The summed E-state index contributed by atoms with van der Waals surface area (Å²) in [7, 11) is 2.03. The molecule has 1 aromatic carbocycles. The molecule has 2 rings (SSSR count). The lowest BCUT2D eigenvalue weighted by molar-refractivity contribution is 0.443. The van der Waals surface area contributed by atoms with E-state index in [0.29, 0.717) is 11.2 Å². The molecule has 5 heteroatoms. The average Bonchev–Trinajstić information content (AvgIpc) is 2.70. The van der Waals surface area contributed by atoms with Crippen LogP contribution in [0.15, 0.2) is 43.9 Å². The van der Waals surface area contributed by atoms with E-state index in [0.717, 1.165) is 15.9 Å². The first-order valence-electron chi connectivity index (χ1n) is 5.98. The van der Waals surface area contributed by atoms with Gasteiger partial charge in [0.2, 0.25) is 0 Å². The van der Waals surface area contributed by atoms with Gasteiger partial charge in [-0.15, -0.1) is 0 Å². The monoisotopic (exact) mass is 386 g/mol. The zero-order valence-corrected chi connectivity index (χ0v) is 14.0. The molecular formula is C14H16Br2N2O. The van der Waals surface area contributed by atoms with E-state index < -0.39 is 0 Å². The molecule has 0 aliphatic carbocycles. The number of hydrogen-bond acceptors (Lipinski definition) is 3. The Bertz CT molecular complexity index is 549. The third-order valence-corrected chi connectivity index (χ3v) is 4.89. The van der Waals surface area contributed by atoms with Crippen molar-refractivity contribution in [1.29, 1.82) is 0 Å². The van der Waals surface area contributed by atoms with Gasteiger partial charge in [0, 0.05) is 19.3 Å². The molecule has 0 amide bonds. The van der Waals surface area contributed by atoms with E-state index in [1.165, 1.54) is 5.56 Å². The van der Waals surface area contributed by atoms with E-state index in [-0.39, 0.29) is 6.04 Å². The minimum atomic E-state index is 0.00343. The largest absolute Gasteiger partial charge is 0.451 e. The molecule has 0 spiro atoms. The number of likely N-dealkylation sites (N-methyl/N-ethyl adjacent to an activating group) is 1. The van der Waals surface area contributed by atoms with Crippen LogP contribution in [-0.2, 0) is 0 Å². The number of rotatable bonds is 4. The Hall–Kier alpha value is -0.780. The summed E-state index contributed by atoms with van der Waals surface area (Å²) in [5.41, 5.74) is 8.29. The number of nitrogens with two attached hydrogens (primary N) is 1. The van der Waals surface area contributed by atoms with E-state index in [1.54, 1.807) is 0 Å². The third kappa shape index (κ3) is 3.04. The maximum absolute atomic E-state index is 5.92. The molecule has 0 aliphatic rings. The lowest BCUT2D eigenvalue weighted by atomic mass is 10.1. The lowest BCUT2D eigenvalue weighted by Crippen LogP contribution is -2.30. The number of hydrogen-bond donors (Lipinski definition) is 1. The summed E-state index contributed by atoms with van der Waals surface area (Å²) >= 11 is 6.79. The van der Waals surface area contributed by atoms with E-state index in [2.05, 4.69) is 55.8 Å². The fraction of sp³-hybridized carbons (Fsp3) is 0.286. The smallest absolute Gasteiger partial charge is 0.183 e. The Labute approximate surface area is 130 Å². The normalized spacial score (nSPS) is 12.5. The number of nitrogens with zero attached hydrogens (tertiary/aromatic N) is 1. The van der Waals surface area contributed by atoms with Gasteiger partial charge >= 0.3 is 0 Å². The first-order valence-corrected chi connectivity index (χ1v) is 7.56. The van der Waals surface area contributed by atoms with Crippen LogP contribution in [0.1, 0.15) is 17.4 Å². The van der Waals surface area contributed by atoms with Crippen LogP contribution in [0.25, 0.3) is 0 Å². The highest BCUT2D eigenvalue weighted by Crippen LogP contribution is 2.34. The van der Waals surface area contributed by atoms with Crippen molar-refractivity contribution in [3.8, 4) is 0 Å². The first-order chi connectivity index (χ1) is 9.04. The number of anilines is 1. The molecule has 0 aliphatic heterocycles. The minimum absolute atomic E-state index is 0.00343. The van der Waals surface area contributed by atoms with Gasteiger partial charge in [-0.1, -0.05) is 18.2 Å². The highest BCUT2D eigenvalue weighted by molar-refractivity contribution is 9.13. The Kier molecular flexibility index (Phi) is 4.71. The van der Waals surface area contributed by atoms with Crippen LogP contribution >= 0.6 is 31.9 Å². The van der Waals surface area contributed by atoms with Crippen molar-refractivity contribution in [3.63, 3.8) is 0 Å². The van der Waals surface area contributed by atoms with Crippen LogP contribution in [0.2, 0.25) is 0 Å². The van der Waals surface area contributed by atoms with Gasteiger partial charge < -0.3 is 15.1 Å². The second-order valence-corrected chi connectivity index (χ2v) is 5.99. The third-order valence-electron chi connectivity index (χ3n) is 3.18. The van der Waals surface area contributed by atoms with Gasteiger partial charge in [0.15, 0.2) is 4.67 Å². The van der Waals surface area contributed by atoms with Crippen LogP contribution in [0.4, 0.5) is 5.69 Å². The Morgan fingerprint density at radius 3 is 2.53 bits per heavy atom. The molecule has 2 aromatic rings. The van der Waals surface area contributed by atoms with Crippen molar-refractivity contribution >= 4 is 37.5 Å². The van der Waals surface area contributed by atoms with Crippen molar-refractivity contribution < 1.29 is 4.42 Å². The number of halogens is 2. The second kappa shape index (κ2) is 6.11. The molecule has 0 radical (unpaired) electrons. The molecule has 1 atom stereocenters. The Morgan fingerprint density at radius 1 is 1.32 bits per heavy atom. The second-order valence-electron chi connectivity index (χ2n) is 4.42. The zero-order valence-electron chi connectivity index (χ0n) is 10.9. The van der Waals surface area contributed by atoms with Crippen molar-refractivity contribution in [2.45, 2.75) is 13.0 Å². The molecule has 3 nitrogen and oxygen atoms in total. The summed E-state index contributed by atoms with van der Waals surface area (Å²) in [4.78, 5) is 2.15. The van der Waals surface area contributed by atoms with Gasteiger partial charge in [-0.25, -0.2) is 0 Å². The topological polar surface area (TPSA) is 42.4 Å². The van der Waals surface area contributed by atoms with E-state index in [9.17, 15) is 0 Å². The minimum Gasteiger partial charge on any atom is -0.451 e. The molecule has 2 N–H and O–H groups in total. The Morgan fingerprint density at radius 2 is 2.00 bits per heavy atom. The maximum atomic E-state index is 5.92. The van der Waals surface area contributed by atoms with Gasteiger partial charge in [-0.05, 0) is 56.5 Å². The Balaban J connectivity index is 2.34. The predicted molar refractivity (Wildman–Crippen MR) is 85.5 cm³/mol. The molecule has 0 saturated carbocycles. The molecule has 0 saturated heterocycles. The summed E-state index contributed by atoms with van der Waals surface area (Å²) in [5, 5.41) is 0. The standard InChI is InChI=1S/C14H16Br2N2O/c1-9-5-3-4-6-11(9)18(2)12(8-17)13-7-10(15)14(16)19-13/h3-7,12H,8,17H2,1-2H3. The summed E-state index contributed by atoms with van der Waals surface area (Å²) in [6, 6.07) is 10.2. The maximum Gasteiger partial charge on any atom is 0.183 e. The summed E-state index contributed by atoms with van der Waals surface area (Å²) in [5.74, 6) is 0.840. The fourth-order valence-corrected chi connectivity index (χ4v) is 2.73. The number of aryl methyl sites for hydroxylation is 1. The van der Waals surface area contributed by atoms with Crippen molar-refractivity contribution in [2.75, 3.05) is 18.5 Å². The number of para-hydroxylation sites is 1. The highest BCUT2D eigenvalue weighted by Gasteiger charge is 2.21. The van der Waals surface area contributed by atoms with E-state index in [4.69, 9.17) is 10.2 Å². The van der Waals surface area contributed by atoms with Gasteiger partial charge in [0.1, 0.15) is 5.76 Å². The molecular weight excluding hydrogens is 372 g/mol. The summed E-state index contributed by atoms with van der Waals surface area (Å²) < 4.78 is 7.29.